The number of amides is 2. The molecule has 2 aliphatic heterocycles. The maximum atomic E-state index is 12.8. The lowest BCUT2D eigenvalue weighted by atomic mass is 9.98. The summed E-state index contributed by atoms with van der Waals surface area (Å²) in [6, 6.07) is 24.3. The average molecular weight is 497 g/mol. The van der Waals surface area contributed by atoms with Crippen LogP contribution in [0.25, 0.3) is 0 Å². The Balaban J connectivity index is 1.34. The van der Waals surface area contributed by atoms with Gasteiger partial charge in [0.2, 0.25) is 5.91 Å². The van der Waals surface area contributed by atoms with Crippen LogP contribution in [0.2, 0.25) is 0 Å². The van der Waals surface area contributed by atoms with Crippen LogP contribution in [-0.4, -0.2) is 33.0 Å². The highest BCUT2D eigenvalue weighted by atomic mass is 32.2. The summed E-state index contributed by atoms with van der Waals surface area (Å²) in [5.41, 5.74) is 7.13. The molecular formula is C29H28N4O2S. The van der Waals surface area contributed by atoms with Crippen LogP contribution in [0.4, 0.5) is 5.69 Å². The predicted octanol–water partition coefficient (Wildman–Crippen LogP) is 5.79. The van der Waals surface area contributed by atoms with E-state index < -0.39 is 5.25 Å². The van der Waals surface area contributed by atoms with Crippen LogP contribution in [0, 0.1) is 20.8 Å². The van der Waals surface area contributed by atoms with Gasteiger partial charge in [-0.15, -0.1) is 0 Å². The third kappa shape index (κ3) is 5.11. The van der Waals surface area contributed by atoms with Gasteiger partial charge < -0.3 is 5.32 Å². The maximum Gasteiger partial charge on any atom is 0.262 e. The van der Waals surface area contributed by atoms with Crippen molar-refractivity contribution in [3.63, 3.8) is 0 Å². The molecule has 0 saturated heterocycles. The Bertz CT molecular complexity index is 1370. The molecule has 182 valence electrons. The first-order valence-corrected chi connectivity index (χ1v) is 12.9. The Hall–Kier alpha value is -3.71. The predicted molar refractivity (Wildman–Crippen MR) is 146 cm³/mol. The van der Waals surface area contributed by atoms with Gasteiger partial charge in [0.1, 0.15) is 5.25 Å². The molecule has 0 radical (unpaired) electrons. The highest BCUT2D eigenvalue weighted by Crippen LogP contribution is 2.38. The van der Waals surface area contributed by atoms with Gasteiger partial charge in [-0.3, -0.25) is 9.59 Å². The van der Waals surface area contributed by atoms with E-state index in [1.807, 2.05) is 55.3 Å². The van der Waals surface area contributed by atoms with E-state index in [0.29, 0.717) is 11.6 Å². The second kappa shape index (κ2) is 10.1. The number of carbonyl (C=O) groups excluding carboxylic acids is 2. The lowest BCUT2D eigenvalue weighted by Crippen LogP contribution is -2.25. The highest BCUT2D eigenvalue weighted by Gasteiger charge is 2.39. The quantitative estimate of drug-likeness (QED) is 0.485. The molecule has 2 aliphatic rings. The van der Waals surface area contributed by atoms with Crippen LogP contribution in [0.1, 0.15) is 46.7 Å². The zero-order valence-electron chi connectivity index (χ0n) is 20.6. The second-order valence-corrected chi connectivity index (χ2v) is 10.5. The molecule has 5 rings (SSSR count). The van der Waals surface area contributed by atoms with Gasteiger partial charge in [0.25, 0.3) is 5.91 Å². The van der Waals surface area contributed by atoms with Crippen molar-refractivity contribution in [2.75, 3.05) is 5.32 Å². The molecule has 6 nitrogen and oxygen atoms in total. The maximum absolute atomic E-state index is 12.8. The normalized spacial score (nSPS) is 19.3. The van der Waals surface area contributed by atoms with Gasteiger partial charge in [0, 0.05) is 18.5 Å². The fourth-order valence-corrected chi connectivity index (χ4v) is 5.45. The van der Waals surface area contributed by atoms with Crippen molar-refractivity contribution in [3.05, 3.63) is 101 Å². The molecule has 36 heavy (non-hydrogen) atoms. The first-order chi connectivity index (χ1) is 17.4. The summed E-state index contributed by atoms with van der Waals surface area (Å²) in [6.45, 7) is 5.99. The number of hydrogen-bond donors (Lipinski definition) is 1. The van der Waals surface area contributed by atoms with E-state index in [1.165, 1.54) is 17.3 Å². The molecule has 1 N–H and O–H groups in total. The number of aryl methyl sites for hydroxylation is 3. The van der Waals surface area contributed by atoms with Gasteiger partial charge >= 0.3 is 0 Å². The lowest BCUT2D eigenvalue weighted by molar-refractivity contribution is -0.121. The SMILES string of the molecule is Cc1ccc(C2=NN(C3=NC(=O)[C@H](CC(=O)Nc4cc(C)ccc4C)S3)[C@@H](c3ccccc3)C2)cc1. The molecule has 2 atom stereocenters. The summed E-state index contributed by atoms with van der Waals surface area (Å²) >= 11 is 1.32. The molecule has 3 aromatic rings. The van der Waals surface area contributed by atoms with Crippen LogP contribution >= 0.6 is 11.8 Å². The minimum atomic E-state index is -0.569. The van der Waals surface area contributed by atoms with Crippen LogP contribution in [0.15, 0.2) is 82.9 Å². The number of thioether (sulfide) groups is 1. The summed E-state index contributed by atoms with van der Waals surface area (Å²) < 4.78 is 0. The molecule has 0 bridgehead atoms. The molecule has 7 heteroatoms. The Labute approximate surface area is 215 Å². The van der Waals surface area contributed by atoms with Gasteiger partial charge in [-0.25, -0.2) is 5.01 Å². The van der Waals surface area contributed by atoms with E-state index in [4.69, 9.17) is 5.10 Å². The first kappa shape index (κ1) is 24.0. The number of carbonyl (C=O) groups is 2. The molecule has 3 aromatic carbocycles. The molecule has 0 unspecified atom stereocenters. The van der Waals surface area contributed by atoms with E-state index in [9.17, 15) is 9.59 Å². The van der Waals surface area contributed by atoms with Crippen molar-refractivity contribution in [2.45, 2.75) is 44.9 Å². The summed E-state index contributed by atoms with van der Waals surface area (Å²) in [4.78, 5) is 29.9. The molecule has 0 spiro atoms. The van der Waals surface area contributed by atoms with Crippen molar-refractivity contribution in [3.8, 4) is 0 Å². The first-order valence-electron chi connectivity index (χ1n) is 12.0. The number of aliphatic imine (C=N–C) groups is 1. The zero-order chi connectivity index (χ0) is 25.2. The van der Waals surface area contributed by atoms with Crippen LogP contribution in [-0.2, 0) is 9.59 Å². The summed E-state index contributed by atoms with van der Waals surface area (Å²) in [5.74, 6) is -0.493. The van der Waals surface area contributed by atoms with E-state index in [2.05, 4.69) is 53.6 Å². The number of rotatable bonds is 5. The highest BCUT2D eigenvalue weighted by molar-refractivity contribution is 8.15. The van der Waals surface area contributed by atoms with Crippen LogP contribution < -0.4 is 5.32 Å². The standard InChI is InChI=1S/C29H28N4O2S/c1-18-10-13-21(14-11-18)24-16-25(22-7-5-4-6-8-22)33(32-24)29-31-28(35)26(36-29)17-27(34)30-23-15-19(2)9-12-20(23)3/h4-15,25-26H,16-17H2,1-3H3,(H,30,34)/t25-,26+/m1/s1. The van der Waals surface area contributed by atoms with Crippen molar-refractivity contribution in [2.24, 2.45) is 10.1 Å². The molecule has 0 aromatic heterocycles. The monoisotopic (exact) mass is 496 g/mol. The van der Waals surface area contributed by atoms with Gasteiger partial charge in [0.05, 0.1) is 11.8 Å². The van der Waals surface area contributed by atoms with Crippen molar-refractivity contribution in [1.82, 2.24) is 5.01 Å². The molecule has 0 saturated carbocycles. The Kier molecular flexibility index (Phi) is 6.74. The van der Waals surface area contributed by atoms with E-state index in [0.717, 1.165) is 33.7 Å². The Morgan fingerprint density at radius 3 is 2.47 bits per heavy atom. The number of hydrazone groups is 1. The third-order valence-electron chi connectivity index (χ3n) is 6.44. The Morgan fingerprint density at radius 1 is 1.00 bits per heavy atom. The third-order valence-corrected chi connectivity index (χ3v) is 7.58. The number of nitrogens with zero attached hydrogens (tertiary/aromatic N) is 3. The van der Waals surface area contributed by atoms with E-state index >= 15 is 0 Å². The zero-order valence-corrected chi connectivity index (χ0v) is 21.4. The van der Waals surface area contributed by atoms with Gasteiger partial charge in [-0.1, -0.05) is 84.1 Å². The largest absolute Gasteiger partial charge is 0.326 e. The fraction of sp³-hybridized carbons (Fsp3) is 0.241. The average Bonchev–Trinajstić information content (AvgIpc) is 3.46. The molecule has 0 fully saturated rings. The number of benzene rings is 3. The van der Waals surface area contributed by atoms with Crippen LogP contribution in [0.3, 0.4) is 0 Å². The van der Waals surface area contributed by atoms with Crippen molar-refractivity contribution >= 4 is 40.1 Å². The summed E-state index contributed by atoms with van der Waals surface area (Å²) in [7, 11) is 0. The Morgan fingerprint density at radius 2 is 1.72 bits per heavy atom. The smallest absolute Gasteiger partial charge is 0.262 e. The van der Waals surface area contributed by atoms with Crippen molar-refractivity contribution < 1.29 is 9.59 Å². The minimum Gasteiger partial charge on any atom is -0.326 e. The molecule has 0 aliphatic carbocycles. The fourth-order valence-electron chi connectivity index (χ4n) is 4.39. The van der Waals surface area contributed by atoms with Crippen LogP contribution in [0.5, 0.6) is 0 Å². The second-order valence-electron chi connectivity index (χ2n) is 9.30. The lowest BCUT2D eigenvalue weighted by Gasteiger charge is -2.23. The van der Waals surface area contributed by atoms with Gasteiger partial charge in [-0.2, -0.15) is 10.1 Å². The molecule has 2 amide bonds. The number of anilines is 1. The van der Waals surface area contributed by atoms with Gasteiger partial charge in [0.15, 0.2) is 5.17 Å². The summed E-state index contributed by atoms with van der Waals surface area (Å²) in [6.07, 6.45) is 0.765. The number of hydrogen-bond acceptors (Lipinski definition) is 5. The number of nitrogens with one attached hydrogen (secondary N) is 1. The summed E-state index contributed by atoms with van der Waals surface area (Å²) in [5, 5.41) is 9.69. The topological polar surface area (TPSA) is 74.1 Å². The molecule has 2 heterocycles. The van der Waals surface area contributed by atoms with E-state index in [1.54, 1.807) is 0 Å². The van der Waals surface area contributed by atoms with Gasteiger partial charge in [-0.05, 0) is 49.1 Å². The van der Waals surface area contributed by atoms with Crippen molar-refractivity contribution in [1.29, 1.82) is 0 Å². The van der Waals surface area contributed by atoms with E-state index in [-0.39, 0.29) is 24.3 Å². The molecular weight excluding hydrogens is 468 g/mol. The minimum absolute atomic E-state index is 0.0578. The number of amidine groups is 1.